The molecule has 0 aliphatic heterocycles. The molecule has 0 saturated heterocycles. The molecule has 0 atom stereocenters. The van der Waals surface area contributed by atoms with Gasteiger partial charge in [0.25, 0.3) is 5.91 Å². The number of nitrogens with two attached hydrogens (primary N) is 1. The van der Waals surface area contributed by atoms with Crippen LogP contribution in [0.5, 0.6) is 11.5 Å². The highest BCUT2D eigenvalue weighted by Gasteiger charge is 2.24. The van der Waals surface area contributed by atoms with Gasteiger partial charge in [0, 0.05) is 11.1 Å². The predicted molar refractivity (Wildman–Crippen MR) is 117 cm³/mol. The van der Waals surface area contributed by atoms with Gasteiger partial charge in [-0.05, 0) is 68.4 Å². The van der Waals surface area contributed by atoms with Crippen molar-refractivity contribution in [3.63, 3.8) is 0 Å². The third kappa shape index (κ3) is 4.33. The van der Waals surface area contributed by atoms with Crippen LogP contribution in [0.3, 0.4) is 0 Å². The maximum Gasteiger partial charge on any atom is 0.253 e. The zero-order valence-electron chi connectivity index (χ0n) is 17.5. The van der Waals surface area contributed by atoms with E-state index in [1.54, 1.807) is 36.4 Å². The van der Waals surface area contributed by atoms with E-state index >= 15 is 4.39 Å². The summed E-state index contributed by atoms with van der Waals surface area (Å²) in [6.07, 6.45) is -0.0729. The van der Waals surface area contributed by atoms with Crippen molar-refractivity contribution in [2.24, 2.45) is 5.73 Å². The van der Waals surface area contributed by atoms with Crippen LogP contribution in [0.1, 0.15) is 29.8 Å². The van der Waals surface area contributed by atoms with Crippen LogP contribution in [0.2, 0.25) is 0 Å². The molecule has 7 heteroatoms. The molecule has 164 valence electrons. The Morgan fingerprint density at radius 1 is 0.969 bits per heavy atom. The van der Waals surface area contributed by atoms with Crippen molar-refractivity contribution in [2.75, 3.05) is 0 Å². The zero-order valence-corrected chi connectivity index (χ0v) is 17.5. The molecule has 0 spiro atoms. The van der Waals surface area contributed by atoms with Gasteiger partial charge in [0.15, 0.2) is 0 Å². The SMILES string of the molecule is CC(C)OCc1ccc2oc(-c3ccc(Oc4ccc(F)cc4)cc3)c(C(N)=O)c2c1F. The molecular weight excluding hydrogens is 416 g/mol. The lowest BCUT2D eigenvalue weighted by atomic mass is 10.0. The highest BCUT2D eigenvalue weighted by molar-refractivity contribution is 6.10. The summed E-state index contributed by atoms with van der Waals surface area (Å²) in [5, 5.41) is 0.0315. The lowest BCUT2D eigenvalue weighted by molar-refractivity contribution is 0.0640. The van der Waals surface area contributed by atoms with Crippen molar-refractivity contribution < 1.29 is 27.5 Å². The first-order chi connectivity index (χ1) is 15.3. The number of amides is 1. The quantitative estimate of drug-likeness (QED) is 0.374. The van der Waals surface area contributed by atoms with E-state index < -0.39 is 11.7 Å². The zero-order chi connectivity index (χ0) is 22.8. The van der Waals surface area contributed by atoms with Gasteiger partial charge in [-0.3, -0.25) is 4.79 Å². The topological polar surface area (TPSA) is 74.7 Å². The van der Waals surface area contributed by atoms with E-state index in [9.17, 15) is 9.18 Å². The van der Waals surface area contributed by atoms with Crippen molar-refractivity contribution in [1.82, 2.24) is 0 Å². The van der Waals surface area contributed by atoms with Crippen molar-refractivity contribution in [3.05, 3.63) is 83.4 Å². The largest absolute Gasteiger partial charge is 0.457 e. The van der Waals surface area contributed by atoms with Gasteiger partial charge in [0.05, 0.1) is 23.7 Å². The van der Waals surface area contributed by atoms with E-state index in [4.69, 9.17) is 19.6 Å². The molecule has 4 aromatic rings. The number of hydrogen-bond acceptors (Lipinski definition) is 4. The number of primary amides is 1. The predicted octanol–water partition coefficient (Wildman–Crippen LogP) is 6.19. The lowest BCUT2D eigenvalue weighted by Gasteiger charge is -2.09. The van der Waals surface area contributed by atoms with E-state index in [2.05, 4.69) is 0 Å². The van der Waals surface area contributed by atoms with E-state index in [0.717, 1.165) is 0 Å². The third-order valence-corrected chi connectivity index (χ3v) is 4.86. The highest BCUT2D eigenvalue weighted by Crippen LogP contribution is 2.37. The minimum atomic E-state index is -0.800. The van der Waals surface area contributed by atoms with Gasteiger partial charge < -0.3 is 19.6 Å². The summed E-state index contributed by atoms with van der Waals surface area (Å²) < 4.78 is 45.3. The standard InChI is InChI=1S/C25H21F2NO4/c1-14(2)30-13-16-5-12-20-21(23(16)27)22(25(28)29)24(32-20)15-3-8-18(9-4-15)31-19-10-6-17(26)7-11-19/h3-12,14H,13H2,1-2H3,(H2,28,29). The Morgan fingerprint density at radius 2 is 1.59 bits per heavy atom. The van der Waals surface area contributed by atoms with Crippen LogP contribution in [0.4, 0.5) is 8.78 Å². The smallest absolute Gasteiger partial charge is 0.253 e. The summed E-state index contributed by atoms with van der Waals surface area (Å²) in [4.78, 5) is 12.2. The van der Waals surface area contributed by atoms with Gasteiger partial charge in [-0.25, -0.2) is 8.78 Å². The molecule has 0 aliphatic carbocycles. The van der Waals surface area contributed by atoms with Gasteiger partial charge in [-0.15, -0.1) is 0 Å². The van der Waals surface area contributed by atoms with Crippen LogP contribution < -0.4 is 10.5 Å². The molecule has 0 fully saturated rings. The minimum absolute atomic E-state index is 0.0314. The fraction of sp³-hybridized carbons (Fsp3) is 0.160. The van der Waals surface area contributed by atoms with E-state index in [-0.39, 0.29) is 40.8 Å². The molecule has 32 heavy (non-hydrogen) atoms. The highest BCUT2D eigenvalue weighted by atomic mass is 19.1. The first-order valence-electron chi connectivity index (χ1n) is 10.0. The Hall–Kier alpha value is -3.71. The first-order valence-corrected chi connectivity index (χ1v) is 10.0. The van der Waals surface area contributed by atoms with Gasteiger partial charge in [0.2, 0.25) is 0 Å². The first kappa shape index (κ1) is 21.5. The molecule has 0 aliphatic rings. The van der Waals surface area contributed by atoms with Crippen molar-refractivity contribution >= 4 is 16.9 Å². The van der Waals surface area contributed by atoms with Gasteiger partial charge >= 0.3 is 0 Å². The third-order valence-electron chi connectivity index (χ3n) is 4.86. The molecule has 0 saturated carbocycles. The molecule has 3 aromatic carbocycles. The molecule has 1 heterocycles. The Kier molecular flexibility index (Phi) is 5.92. The van der Waals surface area contributed by atoms with Crippen LogP contribution in [-0.2, 0) is 11.3 Å². The van der Waals surface area contributed by atoms with E-state index in [1.165, 1.54) is 24.3 Å². The molecule has 0 bridgehead atoms. The molecule has 5 nitrogen and oxygen atoms in total. The number of hydrogen-bond donors (Lipinski definition) is 1. The van der Waals surface area contributed by atoms with Gasteiger partial charge in [-0.2, -0.15) is 0 Å². The molecule has 2 N–H and O–H groups in total. The summed E-state index contributed by atoms with van der Waals surface area (Å²) in [6, 6.07) is 15.4. The number of rotatable bonds is 7. The summed E-state index contributed by atoms with van der Waals surface area (Å²) in [5.41, 5.74) is 6.62. The fourth-order valence-corrected chi connectivity index (χ4v) is 3.31. The maximum atomic E-state index is 15.2. The Morgan fingerprint density at radius 3 is 2.19 bits per heavy atom. The monoisotopic (exact) mass is 437 g/mol. The van der Waals surface area contributed by atoms with Crippen molar-refractivity contribution in [3.8, 4) is 22.8 Å². The number of fused-ring (bicyclic) bond motifs is 1. The second-order valence-corrected chi connectivity index (χ2v) is 7.52. The lowest BCUT2D eigenvalue weighted by Crippen LogP contribution is -2.12. The summed E-state index contributed by atoms with van der Waals surface area (Å²) >= 11 is 0. The Labute approximate surface area is 183 Å². The summed E-state index contributed by atoms with van der Waals surface area (Å²) in [5.74, 6) is -0.617. The van der Waals surface area contributed by atoms with Crippen molar-refractivity contribution in [2.45, 2.75) is 26.6 Å². The van der Waals surface area contributed by atoms with Crippen LogP contribution in [0.15, 0.2) is 65.1 Å². The van der Waals surface area contributed by atoms with Crippen molar-refractivity contribution in [1.29, 1.82) is 0 Å². The maximum absolute atomic E-state index is 15.2. The molecule has 1 aromatic heterocycles. The van der Waals surface area contributed by atoms with E-state index in [1.807, 2.05) is 13.8 Å². The van der Waals surface area contributed by atoms with Crippen LogP contribution >= 0.6 is 0 Å². The Bertz CT molecular complexity index is 1260. The normalized spacial score (nSPS) is 11.3. The average Bonchev–Trinajstić information content (AvgIpc) is 3.16. The molecule has 0 radical (unpaired) electrons. The number of carbonyl (C=O) groups is 1. The molecule has 0 unspecified atom stereocenters. The second-order valence-electron chi connectivity index (χ2n) is 7.52. The van der Waals surface area contributed by atoms with Crippen LogP contribution in [-0.4, -0.2) is 12.0 Å². The molecular formula is C25H21F2NO4. The minimum Gasteiger partial charge on any atom is -0.457 e. The van der Waals surface area contributed by atoms with E-state index in [0.29, 0.717) is 22.6 Å². The molecule has 1 amide bonds. The van der Waals surface area contributed by atoms with Gasteiger partial charge in [-0.1, -0.05) is 6.07 Å². The Balaban J connectivity index is 1.70. The average molecular weight is 437 g/mol. The van der Waals surface area contributed by atoms with Crippen LogP contribution in [0, 0.1) is 11.6 Å². The number of ether oxygens (including phenoxy) is 2. The fourth-order valence-electron chi connectivity index (χ4n) is 3.31. The van der Waals surface area contributed by atoms with Gasteiger partial charge in [0.1, 0.15) is 34.5 Å². The molecule has 4 rings (SSSR count). The van der Waals surface area contributed by atoms with Crippen LogP contribution in [0.25, 0.3) is 22.3 Å². The number of furan rings is 1. The number of carbonyl (C=O) groups excluding carboxylic acids is 1. The second kappa shape index (κ2) is 8.80. The number of benzene rings is 3. The summed E-state index contributed by atoms with van der Waals surface area (Å²) in [7, 11) is 0. The number of halogens is 2. The summed E-state index contributed by atoms with van der Waals surface area (Å²) in [6.45, 7) is 3.77.